The van der Waals surface area contributed by atoms with E-state index in [4.69, 9.17) is 10.00 Å². The highest BCUT2D eigenvalue weighted by Crippen LogP contribution is 2.41. The van der Waals surface area contributed by atoms with Gasteiger partial charge >= 0.3 is 6.09 Å². The van der Waals surface area contributed by atoms with Crippen molar-refractivity contribution in [2.45, 2.75) is 19.4 Å². The van der Waals surface area contributed by atoms with Gasteiger partial charge < -0.3 is 9.64 Å². The fourth-order valence-electron chi connectivity index (χ4n) is 3.39. The Morgan fingerprint density at radius 2 is 1.90 bits per heavy atom. The van der Waals surface area contributed by atoms with Crippen molar-refractivity contribution >= 4 is 6.09 Å². The average molecular weight is 270 g/mol. The van der Waals surface area contributed by atoms with Gasteiger partial charge in [-0.2, -0.15) is 5.26 Å². The Labute approximate surface area is 118 Å². The summed E-state index contributed by atoms with van der Waals surface area (Å²) in [6.45, 7) is 1.65. The molecule has 2 atom stereocenters. The number of nitrogens with zero attached hydrogens (tertiary/aromatic N) is 2. The molecule has 3 rings (SSSR count). The van der Waals surface area contributed by atoms with Crippen LogP contribution in [0.15, 0.2) is 30.3 Å². The highest BCUT2D eigenvalue weighted by molar-refractivity contribution is 5.68. The second-order valence-corrected chi connectivity index (χ2v) is 5.70. The summed E-state index contributed by atoms with van der Waals surface area (Å²) >= 11 is 0. The van der Waals surface area contributed by atoms with Crippen LogP contribution in [0.2, 0.25) is 0 Å². The van der Waals surface area contributed by atoms with Crippen LogP contribution in [0.4, 0.5) is 4.79 Å². The molecule has 1 aromatic carbocycles. The number of rotatable bonds is 2. The number of fused-ring (bicyclic) bond motifs is 2. The van der Waals surface area contributed by atoms with Gasteiger partial charge in [0.2, 0.25) is 0 Å². The minimum absolute atomic E-state index is 0.133. The van der Waals surface area contributed by atoms with Crippen LogP contribution >= 0.6 is 0 Å². The van der Waals surface area contributed by atoms with Crippen LogP contribution < -0.4 is 0 Å². The number of carbonyl (C=O) groups is 1. The Bertz CT molecular complexity index is 509. The number of nitriles is 1. The number of ether oxygens (including phenoxy) is 1. The van der Waals surface area contributed by atoms with Crippen LogP contribution in [0.1, 0.15) is 18.4 Å². The second-order valence-electron chi connectivity index (χ2n) is 5.70. The number of benzene rings is 1. The molecule has 1 aromatic rings. The molecule has 2 unspecified atom stereocenters. The van der Waals surface area contributed by atoms with Crippen LogP contribution in [0, 0.1) is 29.1 Å². The summed E-state index contributed by atoms with van der Waals surface area (Å²) in [5.41, 5.74) is 0.996. The third-order valence-corrected chi connectivity index (χ3v) is 4.45. The monoisotopic (exact) mass is 270 g/mol. The number of piperidine rings is 1. The zero-order valence-corrected chi connectivity index (χ0v) is 11.4. The van der Waals surface area contributed by atoms with Crippen molar-refractivity contribution in [2.75, 3.05) is 13.1 Å². The average Bonchev–Trinajstić information content (AvgIpc) is 2.74. The topological polar surface area (TPSA) is 53.3 Å². The van der Waals surface area contributed by atoms with Crippen molar-refractivity contribution in [3.8, 4) is 6.07 Å². The summed E-state index contributed by atoms with van der Waals surface area (Å²) in [5.74, 6) is 0.805. The number of likely N-dealkylation sites (tertiary alicyclic amines) is 1. The molecule has 20 heavy (non-hydrogen) atoms. The number of hydrogen-bond donors (Lipinski definition) is 0. The number of amides is 1. The van der Waals surface area contributed by atoms with Gasteiger partial charge in [-0.15, -0.1) is 0 Å². The first-order valence-electron chi connectivity index (χ1n) is 7.13. The lowest BCUT2D eigenvalue weighted by atomic mass is 9.86. The minimum atomic E-state index is -0.248. The van der Waals surface area contributed by atoms with Crippen molar-refractivity contribution in [3.05, 3.63) is 35.9 Å². The summed E-state index contributed by atoms with van der Waals surface area (Å²) in [5, 5.41) is 9.16. The molecule has 4 heteroatoms. The molecule has 1 aliphatic carbocycles. The molecule has 1 aliphatic heterocycles. The number of hydrogen-bond acceptors (Lipinski definition) is 3. The predicted octanol–water partition coefficient (Wildman–Crippen LogP) is 2.80. The molecule has 1 saturated carbocycles. The SMILES string of the molecule is N#CC1C2CCC1CN(C(=O)OCc1ccccc1)C2. The van der Waals surface area contributed by atoms with Crippen molar-refractivity contribution in [3.63, 3.8) is 0 Å². The minimum Gasteiger partial charge on any atom is -0.445 e. The Hall–Kier alpha value is -2.02. The summed E-state index contributed by atoms with van der Waals surface area (Å²) < 4.78 is 5.36. The smallest absolute Gasteiger partial charge is 0.410 e. The maximum Gasteiger partial charge on any atom is 0.410 e. The van der Waals surface area contributed by atoms with E-state index in [1.807, 2.05) is 30.3 Å². The Morgan fingerprint density at radius 3 is 2.50 bits per heavy atom. The lowest BCUT2D eigenvalue weighted by molar-refractivity contribution is 0.0685. The summed E-state index contributed by atoms with van der Waals surface area (Å²) in [4.78, 5) is 13.9. The maximum absolute atomic E-state index is 12.1. The molecule has 0 spiro atoms. The quantitative estimate of drug-likeness (QED) is 0.830. The molecule has 2 bridgehead atoms. The highest BCUT2D eigenvalue weighted by atomic mass is 16.6. The van der Waals surface area contributed by atoms with Gasteiger partial charge in [-0.1, -0.05) is 30.3 Å². The van der Waals surface area contributed by atoms with Gasteiger partial charge in [0, 0.05) is 13.1 Å². The molecule has 2 aliphatic rings. The largest absolute Gasteiger partial charge is 0.445 e. The zero-order chi connectivity index (χ0) is 13.9. The standard InChI is InChI=1S/C16H18N2O2/c17-8-15-13-6-7-14(15)10-18(9-13)16(19)20-11-12-4-2-1-3-5-12/h1-5,13-15H,6-7,9-11H2. The van der Waals surface area contributed by atoms with E-state index < -0.39 is 0 Å². The predicted molar refractivity (Wildman–Crippen MR) is 73.5 cm³/mol. The van der Waals surface area contributed by atoms with Crippen LogP contribution in [0.3, 0.4) is 0 Å². The molecular weight excluding hydrogens is 252 g/mol. The van der Waals surface area contributed by atoms with E-state index in [2.05, 4.69) is 6.07 Å². The molecule has 1 amide bonds. The molecule has 2 fully saturated rings. The molecule has 0 N–H and O–H groups in total. The van der Waals surface area contributed by atoms with Crippen LogP contribution in [-0.4, -0.2) is 24.1 Å². The van der Waals surface area contributed by atoms with E-state index in [1.54, 1.807) is 4.90 Å². The zero-order valence-electron chi connectivity index (χ0n) is 11.4. The number of carbonyl (C=O) groups excluding carboxylic acids is 1. The van der Waals surface area contributed by atoms with E-state index in [9.17, 15) is 4.79 Å². The molecule has 1 saturated heterocycles. The van der Waals surface area contributed by atoms with Crippen molar-refractivity contribution in [1.82, 2.24) is 4.90 Å². The van der Waals surface area contributed by atoms with E-state index in [0.29, 0.717) is 31.5 Å². The summed E-state index contributed by atoms with van der Waals surface area (Å²) in [6.07, 6.45) is 1.87. The van der Waals surface area contributed by atoms with Gasteiger partial charge in [0.1, 0.15) is 6.61 Å². The highest BCUT2D eigenvalue weighted by Gasteiger charge is 2.43. The second kappa shape index (κ2) is 5.54. The first-order chi connectivity index (χ1) is 9.78. The lowest BCUT2D eigenvalue weighted by Crippen LogP contribution is -2.44. The molecule has 4 nitrogen and oxygen atoms in total. The summed E-state index contributed by atoms with van der Waals surface area (Å²) in [6, 6.07) is 12.1. The van der Waals surface area contributed by atoms with Gasteiger partial charge in [0.05, 0.1) is 12.0 Å². The van der Waals surface area contributed by atoms with Gasteiger partial charge in [-0.05, 0) is 30.2 Å². The van der Waals surface area contributed by atoms with Crippen molar-refractivity contribution in [1.29, 1.82) is 5.26 Å². The van der Waals surface area contributed by atoms with E-state index >= 15 is 0 Å². The summed E-state index contributed by atoms with van der Waals surface area (Å²) in [7, 11) is 0. The fraction of sp³-hybridized carbons (Fsp3) is 0.500. The first-order valence-corrected chi connectivity index (χ1v) is 7.13. The first kappa shape index (κ1) is 13.0. The van der Waals surface area contributed by atoms with Gasteiger partial charge in [0.25, 0.3) is 0 Å². The van der Waals surface area contributed by atoms with Crippen LogP contribution in [0.5, 0.6) is 0 Å². The Kier molecular flexibility index (Phi) is 3.60. The van der Waals surface area contributed by atoms with Gasteiger partial charge in [-0.3, -0.25) is 0 Å². The fourth-order valence-corrected chi connectivity index (χ4v) is 3.39. The Morgan fingerprint density at radius 1 is 1.25 bits per heavy atom. The maximum atomic E-state index is 12.1. The van der Waals surface area contributed by atoms with Crippen molar-refractivity contribution in [2.24, 2.45) is 17.8 Å². The molecule has 1 heterocycles. The van der Waals surface area contributed by atoms with Gasteiger partial charge in [-0.25, -0.2) is 4.79 Å². The lowest BCUT2D eigenvalue weighted by Gasteiger charge is -2.34. The van der Waals surface area contributed by atoms with Gasteiger partial charge in [0.15, 0.2) is 0 Å². The van der Waals surface area contributed by atoms with E-state index in [0.717, 1.165) is 18.4 Å². The molecule has 104 valence electrons. The normalized spacial score (nSPS) is 27.9. The molecule has 0 aromatic heterocycles. The van der Waals surface area contributed by atoms with Crippen LogP contribution in [0.25, 0.3) is 0 Å². The van der Waals surface area contributed by atoms with Crippen molar-refractivity contribution < 1.29 is 9.53 Å². The third-order valence-electron chi connectivity index (χ3n) is 4.45. The van der Waals surface area contributed by atoms with E-state index in [-0.39, 0.29) is 12.0 Å². The van der Waals surface area contributed by atoms with E-state index in [1.165, 1.54) is 0 Å². The molecule has 0 radical (unpaired) electrons. The van der Waals surface area contributed by atoms with Crippen LogP contribution in [-0.2, 0) is 11.3 Å². The molecular formula is C16H18N2O2. The Balaban J connectivity index is 1.56. The third kappa shape index (κ3) is 2.49.